The van der Waals surface area contributed by atoms with Crippen molar-refractivity contribution in [2.75, 3.05) is 18.2 Å². The molecular formula is C21H25F2N3O2. The molecule has 2 aromatic rings. The number of rotatable bonds is 9. The van der Waals surface area contributed by atoms with Gasteiger partial charge in [0.15, 0.2) is 0 Å². The number of ether oxygens (including phenoxy) is 1. The second-order valence-corrected chi connectivity index (χ2v) is 6.22. The summed E-state index contributed by atoms with van der Waals surface area (Å²) in [6, 6.07) is 10.1. The number of halogens is 2. The molecule has 0 bridgehead atoms. The molecule has 0 atom stereocenters. The number of hydrogen-bond donors (Lipinski definition) is 1. The molecule has 0 saturated carbocycles. The van der Waals surface area contributed by atoms with Gasteiger partial charge in [-0.05, 0) is 56.6 Å². The highest BCUT2D eigenvalue weighted by Crippen LogP contribution is 2.30. The van der Waals surface area contributed by atoms with Crippen LogP contribution in [-0.4, -0.2) is 24.8 Å². The minimum absolute atomic E-state index is 0.0106. The molecule has 0 spiro atoms. The van der Waals surface area contributed by atoms with Crippen molar-refractivity contribution in [3.63, 3.8) is 0 Å². The van der Waals surface area contributed by atoms with Crippen molar-refractivity contribution in [1.29, 1.82) is 0 Å². The summed E-state index contributed by atoms with van der Waals surface area (Å²) in [6.07, 6.45) is 1.45. The second-order valence-electron chi connectivity index (χ2n) is 6.22. The van der Waals surface area contributed by atoms with Crippen LogP contribution in [0.4, 0.5) is 14.5 Å². The van der Waals surface area contributed by atoms with E-state index in [9.17, 15) is 13.6 Å². The van der Waals surface area contributed by atoms with Crippen molar-refractivity contribution in [2.45, 2.75) is 33.1 Å². The highest BCUT2D eigenvalue weighted by Gasteiger charge is 2.20. The molecular weight excluding hydrogens is 364 g/mol. The Hall–Kier alpha value is -2.80. The van der Waals surface area contributed by atoms with Gasteiger partial charge in [0.1, 0.15) is 23.1 Å². The number of nitrogens with zero attached hydrogens (tertiary/aromatic N) is 2. The number of amides is 1. The number of hydrazone groups is 1. The van der Waals surface area contributed by atoms with Gasteiger partial charge in [-0.2, -0.15) is 10.1 Å². The summed E-state index contributed by atoms with van der Waals surface area (Å²) in [5, 5.41) is 5.49. The van der Waals surface area contributed by atoms with Gasteiger partial charge in [0.25, 0.3) is 0 Å². The fraction of sp³-hybridized carbons (Fsp3) is 0.333. The second kappa shape index (κ2) is 10.5. The first kappa shape index (κ1) is 21.5. The van der Waals surface area contributed by atoms with E-state index >= 15 is 0 Å². The Balaban J connectivity index is 2.48. The first-order valence-corrected chi connectivity index (χ1v) is 9.23. The van der Waals surface area contributed by atoms with Gasteiger partial charge in [-0.1, -0.05) is 19.1 Å². The van der Waals surface area contributed by atoms with Gasteiger partial charge in [0.2, 0.25) is 5.91 Å². The standard InChI is InChI=1S/C21H25F2N3O2/c1-3-13-28-20-8-5-4-7-19(20)26(21(27)9-6-12-24)25-15(2)17-14-16(22)10-11-18(17)23/h4-5,7-8,10-11,14H,3,6,9,12-13,24H2,1-2H3/b25-15+. The van der Waals surface area contributed by atoms with Crippen molar-refractivity contribution in [3.8, 4) is 5.75 Å². The molecule has 150 valence electrons. The number of benzene rings is 2. The van der Waals surface area contributed by atoms with Crippen LogP contribution >= 0.6 is 0 Å². The fourth-order valence-electron chi connectivity index (χ4n) is 2.55. The quantitative estimate of drug-likeness (QED) is 0.515. The molecule has 0 saturated heterocycles. The van der Waals surface area contributed by atoms with Crippen LogP contribution in [0.5, 0.6) is 5.75 Å². The van der Waals surface area contributed by atoms with E-state index in [0.29, 0.717) is 31.0 Å². The molecule has 5 nitrogen and oxygen atoms in total. The minimum Gasteiger partial charge on any atom is -0.491 e. The van der Waals surface area contributed by atoms with E-state index in [2.05, 4.69) is 5.10 Å². The molecule has 7 heteroatoms. The van der Waals surface area contributed by atoms with E-state index in [1.54, 1.807) is 24.3 Å². The summed E-state index contributed by atoms with van der Waals surface area (Å²) in [4.78, 5) is 12.8. The molecule has 0 radical (unpaired) electrons. The highest BCUT2D eigenvalue weighted by molar-refractivity contribution is 6.03. The van der Waals surface area contributed by atoms with Crippen molar-refractivity contribution < 1.29 is 18.3 Å². The largest absolute Gasteiger partial charge is 0.491 e. The summed E-state index contributed by atoms with van der Waals surface area (Å²) in [5.41, 5.74) is 6.12. The summed E-state index contributed by atoms with van der Waals surface area (Å²) >= 11 is 0. The maximum Gasteiger partial charge on any atom is 0.247 e. The Labute approximate surface area is 163 Å². The van der Waals surface area contributed by atoms with Crippen LogP contribution in [0, 0.1) is 11.6 Å². The van der Waals surface area contributed by atoms with Gasteiger partial charge in [0.05, 0.1) is 12.3 Å². The van der Waals surface area contributed by atoms with E-state index in [1.807, 2.05) is 6.92 Å². The summed E-state index contributed by atoms with van der Waals surface area (Å²) in [7, 11) is 0. The van der Waals surface area contributed by atoms with Crippen molar-refractivity contribution in [1.82, 2.24) is 0 Å². The zero-order valence-corrected chi connectivity index (χ0v) is 16.1. The third kappa shape index (κ3) is 5.60. The SMILES string of the molecule is CCCOc1ccccc1N(/N=C(\C)c1cc(F)ccc1F)C(=O)CCCN. The van der Waals surface area contributed by atoms with Crippen LogP contribution in [0.2, 0.25) is 0 Å². The number of nitrogens with two attached hydrogens (primary N) is 1. The molecule has 1 amide bonds. The molecule has 2 rings (SSSR count). The van der Waals surface area contributed by atoms with Crippen LogP contribution in [0.3, 0.4) is 0 Å². The normalized spacial score (nSPS) is 11.4. The van der Waals surface area contributed by atoms with Crippen molar-refractivity contribution in [2.24, 2.45) is 10.8 Å². The average Bonchev–Trinajstić information content (AvgIpc) is 2.70. The molecule has 0 unspecified atom stereocenters. The zero-order chi connectivity index (χ0) is 20.5. The van der Waals surface area contributed by atoms with E-state index < -0.39 is 11.6 Å². The summed E-state index contributed by atoms with van der Waals surface area (Å²) in [5.74, 6) is -1.03. The van der Waals surface area contributed by atoms with Gasteiger partial charge >= 0.3 is 0 Å². The van der Waals surface area contributed by atoms with Crippen molar-refractivity contribution in [3.05, 3.63) is 59.7 Å². The maximum absolute atomic E-state index is 14.1. The van der Waals surface area contributed by atoms with Crippen LogP contribution < -0.4 is 15.5 Å². The molecule has 0 fully saturated rings. The van der Waals surface area contributed by atoms with Crippen LogP contribution in [0.15, 0.2) is 47.6 Å². The number of hydrogen-bond acceptors (Lipinski definition) is 4. The summed E-state index contributed by atoms with van der Waals surface area (Å²) < 4.78 is 33.4. The van der Waals surface area contributed by atoms with Gasteiger partial charge in [-0.25, -0.2) is 8.78 Å². The molecule has 0 aromatic heterocycles. The molecule has 0 aliphatic rings. The lowest BCUT2D eigenvalue weighted by Crippen LogP contribution is -2.28. The number of carbonyl (C=O) groups is 1. The Kier molecular flexibility index (Phi) is 8.07. The lowest BCUT2D eigenvalue weighted by molar-refractivity contribution is -0.118. The Morgan fingerprint density at radius 1 is 1.21 bits per heavy atom. The van der Waals surface area contributed by atoms with E-state index in [0.717, 1.165) is 24.6 Å². The van der Waals surface area contributed by atoms with E-state index in [4.69, 9.17) is 10.5 Å². The zero-order valence-electron chi connectivity index (χ0n) is 16.1. The Morgan fingerprint density at radius 2 is 1.96 bits per heavy atom. The average molecular weight is 389 g/mol. The number of carbonyl (C=O) groups excluding carboxylic acids is 1. The molecule has 0 heterocycles. The first-order valence-electron chi connectivity index (χ1n) is 9.23. The molecule has 0 aliphatic heterocycles. The summed E-state index contributed by atoms with van der Waals surface area (Å²) in [6.45, 7) is 4.33. The lowest BCUT2D eigenvalue weighted by Gasteiger charge is -2.21. The number of para-hydroxylation sites is 2. The molecule has 28 heavy (non-hydrogen) atoms. The van der Waals surface area contributed by atoms with Crippen LogP contribution in [0.25, 0.3) is 0 Å². The third-order valence-corrected chi connectivity index (χ3v) is 3.95. The van der Waals surface area contributed by atoms with Gasteiger partial charge < -0.3 is 10.5 Å². The molecule has 0 aliphatic carbocycles. The minimum atomic E-state index is -0.618. The van der Waals surface area contributed by atoms with E-state index in [-0.39, 0.29) is 23.6 Å². The highest BCUT2D eigenvalue weighted by atomic mass is 19.1. The van der Waals surface area contributed by atoms with Crippen LogP contribution in [0.1, 0.15) is 38.7 Å². The Morgan fingerprint density at radius 3 is 2.68 bits per heavy atom. The maximum atomic E-state index is 14.1. The lowest BCUT2D eigenvalue weighted by atomic mass is 10.1. The predicted octanol–water partition coefficient (Wildman–Crippen LogP) is 4.25. The smallest absolute Gasteiger partial charge is 0.247 e. The number of anilines is 1. The fourth-order valence-corrected chi connectivity index (χ4v) is 2.55. The van der Waals surface area contributed by atoms with Gasteiger partial charge in [-0.3, -0.25) is 4.79 Å². The van der Waals surface area contributed by atoms with Crippen molar-refractivity contribution >= 4 is 17.3 Å². The van der Waals surface area contributed by atoms with Crippen LogP contribution in [-0.2, 0) is 4.79 Å². The van der Waals surface area contributed by atoms with E-state index in [1.165, 1.54) is 11.9 Å². The monoisotopic (exact) mass is 389 g/mol. The topological polar surface area (TPSA) is 67.9 Å². The predicted molar refractivity (Wildman–Crippen MR) is 107 cm³/mol. The first-order chi connectivity index (χ1) is 13.5. The molecule has 2 N–H and O–H groups in total. The Bertz CT molecular complexity index is 840. The molecule has 2 aromatic carbocycles. The van der Waals surface area contributed by atoms with Gasteiger partial charge in [-0.15, -0.1) is 0 Å². The van der Waals surface area contributed by atoms with Gasteiger partial charge in [0, 0.05) is 12.0 Å². The third-order valence-electron chi connectivity index (χ3n) is 3.95.